The summed E-state index contributed by atoms with van der Waals surface area (Å²) < 4.78 is 12.9. The van der Waals surface area contributed by atoms with Crippen LogP contribution in [-0.2, 0) is 0 Å². The Labute approximate surface area is 69.9 Å². The highest BCUT2D eigenvalue weighted by Crippen LogP contribution is 2.18. The monoisotopic (exact) mass is 165 g/mol. The van der Waals surface area contributed by atoms with Crippen molar-refractivity contribution >= 4 is 0 Å². The number of rotatable bonds is 2. The standard InChI is InChI=1S/C9H8FNO/c10-8-4-2-1-3-7(8)9(12)5-6-11/h1-4,9,12H,5H2/t9-/m1/s1. The van der Waals surface area contributed by atoms with Crippen LogP contribution in [0.25, 0.3) is 0 Å². The summed E-state index contributed by atoms with van der Waals surface area (Å²) in [7, 11) is 0. The van der Waals surface area contributed by atoms with Crippen LogP contribution in [0, 0.1) is 17.1 Å². The molecule has 0 spiro atoms. The van der Waals surface area contributed by atoms with Crippen molar-refractivity contribution in [3.8, 4) is 6.07 Å². The van der Waals surface area contributed by atoms with E-state index in [2.05, 4.69) is 0 Å². The Kier molecular flexibility index (Phi) is 2.78. The van der Waals surface area contributed by atoms with E-state index >= 15 is 0 Å². The first-order valence-electron chi connectivity index (χ1n) is 3.55. The van der Waals surface area contributed by atoms with Gasteiger partial charge in [-0.3, -0.25) is 0 Å². The van der Waals surface area contributed by atoms with Crippen LogP contribution in [0.5, 0.6) is 0 Å². The largest absolute Gasteiger partial charge is 0.387 e. The van der Waals surface area contributed by atoms with Crippen LogP contribution in [0.15, 0.2) is 24.3 Å². The van der Waals surface area contributed by atoms with E-state index in [0.717, 1.165) is 0 Å². The molecule has 0 aliphatic carbocycles. The Morgan fingerprint density at radius 1 is 1.50 bits per heavy atom. The van der Waals surface area contributed by atoms with Gasteiger partial charge in [-0.05, 0) is 6.07 Å². The molecule has 0 unspecified atom stereocenters. The molecule has 1 aromatic carbocycles. The fourth-order valence-corrected chi connectivity index (χ4v) is 0.942. The van der Waals surface area contributed by atoms with Crippen molar-refractivity contribution in [3.05, 3.63) is 35.6 Å². The summed E-state index contributed by atoms with van der Waals surface area (Å²) in [6.07, 6.45) is -1.10. The van der Waals surface area contributed by atoms with Crippen molar-refractivity contribution < 1.29 is 9.50 Å². The van der Waals surface area contributed by atoms with Gasteiger partial charge in [-0.15, -0.1) is 0 Å². The number of halogens is 1. The molecule has 0 amide bonds. The molecule has 0 fully saturated rings. The second kappa shape index (κ2) is 3.84. The third kappa shape index (κ3) is 1.80. The minimum absolute atomic E-state index is 0.0824. The van der Waals surface area contributed by atoms with E-state index in [1.54, 1.807) is 12.1 Å². The summed E-state index contributed by atoms with van der Waals surface area (Å²) in [5.41, 5.74) is 0.180. The third-order valence-corrected chi connectivity index (χ3v) is 1.55. The molecule has 1 rings (SSSR count). The van der Waals surface area contributed by atoms with E-state index in [-0.39, 0.29) is 12.0 Å². The first-order valence-corrected chi connectivity index (χ1v) is 3.55. The van der Waals surface area contributed by atoms with Crippen molar-refractivity contribution in [1.82, 2.24) is 0 Å². The summed E-state index contributed by atoms with van der Waals surface area (Å²) >= 11 is 0. The lowest BCUT2D eigenvalue weighted by atomic mass is 10.1. The Hall–Kier alpha value is -1.40. The van der Waals surface area contributed by atoms with Gasteiger partial charge in [0.05, 0.1) is 18.6 Å². The molecule has 1 atom stereocenters. The Bertz CT molecular complexity index is 306. The molecule has 3 heteroatoms. The maximum atomic E-state index is 12.9. The van der Waals surface area contributed by atoms with Crippen LogP contribution in [-0.4, -0.2) is 5.11 Å². The predicted molar refractivity (Wildman–Crippen MR) is 41.6 cm³/mol. The number of aliphatic hydroxyl groups excluding tert-OH is 1. The van der Waals surface area contributed by atoms with Gasteiger partial charge < -0.3 is 5.11 Å². The minimum Gasteiger partial charge on any atom is -0.387 e. The maximum Gasteiger partial charge on any atom is 0.129 e. The molecule has 0 saturated heterocycles. The molecular weight excluding hydrogens is 157 g/mol. The maximum absolute atomic E-state index is 12.9. The second-order valence-corrected chi connectivity index (χ2v) is 2.40. The predicted octanol–water partition coefficient (Wildman–Crippen LogP) is 1.77. The SMILES string of the molecule is N#CC[C@@H](O)c1ccccc1F. The zero-order valence-corrected chi connectivity index (χ0v) is 6.37. The molecule has 0 aliphatic rings. The van der Waals surface area contributed by atoms with Crippen LogP contribution in [0.2, 0.25) is 0 Å². The van der Waals surface area contributed by atoms with Crippen LogP contribution in [0.1, 0.15) is 18.1 Å². The summed E-state index contributed by atoms with van der Waals surface area (Å²) in [4.78, 5) is 0. The van der Waals surface area contributed by atoms with Gasteiger partial charge in [-0.2, -0.15) is 5.26 Å². The summed E-state index contributed by atoms with van der Waals surface area (Å²) in [5, 5.41) is 17.5. The summed E-state index contributed by atoms with van der Waals surface area (Å²) in [6.45, 7) is 0. The highest BCUT2D eigenvalue weighted by molar-refractivity contribution is 5.20. The highest BCUT2D eigenvalue weighted by Gasteiger charge is 2.10. The van der Waals surface area contributed by atoms with E-state index in [1.807, 2.05) is 0 Å². The average Bonchev–Trinajstić information content (AvgIpc) is 2.05. The van der Waals surface area contributed by atoms with Crippen molar-refractivity contribution in [2.75, 3.05) is 0 Å². The fraction of sp³-hybridized carbons (Fsp3) is 0.222. The number of nitrogens with zero attached hydrogens (tertiary/aromatic N) is 1. The number of hydrogen-bond donors (Lipinski definition) is 1. The number of hydrogen-bond acceptors (Lipinski definition) is 2. The quantitative estimate of drug-likeness (QED) is 0.725. The molecular formula is C9H8FNO. The van der Waals surface area contributed by atoms with E-state index < -0.39 is 11.9 Å². The molecule has 1 aromatic rings. The first kappa shape index (κ1) is 8.69. The van der Waals surface area contributed by atoms with Gasteiger partial charge in [0.25, 0.3) is 0 Å². The van der Waals surface area contributed by atoms with Crippen molar-refractivity contribution in [3.63, 3.8) is 0 Å². The first-order chi connectivity index (χ1) is 5.75. The lowest BCUT2D eigenvalue weighted by molar-refractivity contribution is 0.178. The molecule has 0 heterocycles. The molecule has 0 radical (unpaired) electrons. The number of aliphatic hydroxyl groups is 1. The summed E-state index contributed by atoms with van der Waals surface area (Å²) in [5.74, 6) is -0.472. The van der Waals surface area contributed by atoms with Gasteiger partial charge in [0.1, 0.15) is 5.82 Å². The molecule has 2 nitrogen and oxygen atoms in total. The minimum atomic E-state index is -1.02. The number of benzene rings is 1. The van der Waals surface area contributed by atoms with Crippen LogP contribution in [0.4, 0.5) is 4.39 Å². The van der Waals surface area contributed by atoms with Crippen LogP contribution >= 0.6 is 0 Å². The number of nitriles is 1. The molecule has 12 heavy (non-hydrogen) atoms. The van der Waals surface area contributed by atoms with Crippen LogP contribution < -0.4 is 0 Å². The lowest BCUT2D eigenvalue weighted by Gasteiger charge is -2.06. The topological polar surface area (TPSA) is 44.0 Å². The average molecular weight is 165 g/mol. The molecule has 62 valence electrons. The van der Waals surface area contributed by atoms with Crippen molar-refractivity contribution in [2.24, 2.45) is 0 Å². The van der Waals surface area contributed by atoms with Gasteiger partial charge in [0.15, 0.2) is 0 Å². The lowest BCUT2D eigenvalue weighted by Crippen LogP contribution is -1.98. The normalized spacial score (nSPS) is 12.1. The van der Waals surface area contributed by atoms with Gasteiger partial charge >= 0.3 is 0 Å². The van der Waals surface area contributed by atoms with Crippen LogP contribution in [0.3, 0.4) is 0 Å². The Morgan fingerprint density at radius 2 is 2.17 bits per heavy atom. The van der Waals surface area contributed by atoms with Gasteiger partial charge in [-0.25, -0.2) is 4.39 Å². The fourth-order valence-electron chi connectivity index (χ4n) is 0.942. The Morgan fingerprint density at radius 3 is 2.75 bits per heavy atom. The van der Waals surface area contributed by atoms with E-state index in [0.29, 0.717) is 0 Å². The zero-order chi connectivity index (χ0) is 8.97. The van der Waals surface area contributed by atoms with Gasteiger partial charge in [0.2, 0.25) is 0 Å². The Balaban J connectivity index is 2.88. The summed E-state index contributed by atoms with van der Waals surface area (Å²) in [6, 6.07) is 7.67. The smallest absolute Gasteiger partial charge is 0.129 e. The van der Waals surface area contributed by atoms with E-state index in [4.69, 9.17) is 5.26 Å². The van der Waals surface area contributed by atoms with Gasteiger partial charge in [0, 0.05) is 5.56 Å². The van der Waals surface area contributed by atoms with E-state index in [1.165, 1.54) is 18.2 Å². The third-order valence-electron chi connectivity index (χ3n) is 1.55. The molecule has 0 saturated carbocycles. The zero-order valence-electron chi connectivity index (χ0n) is 6.37. The molecule has 0 bridgehead atoms. The molecule has 0 aromatic heterocycles. The molecule has 1 N–H and O–H groups in total. The second-order valence-electron chi connectivity index (χ2n) is 2.40. The van der Waals surface area contributed by atoms with E-state index in [9.17, 15) is 9.50 Å². The van der Waals surface area contributed by atoms with Gasteiger partial charge in [-0.1, -0.05) is 18.2 Å². The highest BCUT2D eigenvalue weighted by atomic mass is 19.1. The van der Waals surface area contributed by atoms with Crippen molar-refractivity contribution in [1.29, 1.82) is 5.26 Å². The van der Waals surface area contributed by atoms with Crippen molar-refractivity contribution in [2.45, 2.75) is 12.5 Å². The molecule has 0 aliphatic heterocycles.